The molecule has 3 aromatic carbocycles. The normalized spacial score (nSPS) is 17.1. The third-order valence-corrected chi connectivity index (χ3v) is 6.84. The maximum absolute atomic E-state index is 13.2. The van der Waals surface area contributed by atoms with E-state index in [-0.39, 0.29) is 18.2 Å². The van der Waals surface area contributed by atoms with Crippen LogP contribution in [0.3, 0.4) is 0 Å². The molecule has 1 atom stereocenters. The van der Waals surface area contributed by atoms with E-state index in [2.05, 4.69) is 0 Å². The second kappa shape index (κ2) is 9.90. The highest BCUT2D eigenvalue weighted by Crippen LogP contribution is 2.33. The maximum atomic E-state index is 13.2. The van der Waals surface area contributed by atoms with Gasteiger partial charge in [-0.3, -0.25) is 9.59 Å². The van der Waals surface area contributed by atoms with E-state index < -0.39 is 5.54 Å². The molecule has 0 spiro atoms. The largest absolute Gasteiger partial charge is 0.497 e. The summed E-state index contributed by atoms with van der Waals surface area (Å²) in [5.74, 6) is 0.744. The monoisotopic (exact) mass is 476 g/mol. The number of hydrogen-bond donors (Lipinski definition) is 0. The highest BCUT2D eigenvalue weighted by Gasteiger charge is 2.50. The zero-order chi connectivity index (χ0) is 24.3. The summed E-state index contributed by atoms with van der Waals surface area (Å²) in [6, 6.07) is 23.3. The van der Waals surface area contributed by atoms with E-state index in [4.69, 9.17) is 16.3 Å². The summed E-state index contributed by atoms with van der Waals surface area (Å²) in [7, 11) is 3.43. The smallest absolute Gasteiger partial charge is 0.248 e. The molecule has 4 rings (SSSR count). The van der Waals surface area contributed by atoms with E-state index >= 15 is 0 Å². The van der Waals surface area contributed by atoms with Crippen molar-refractivity contribution in [1.82, 2.24) is 9.80 Å². The minimum absolute atomic E-state index is 0.0285. The van der Waals surface area contributed by atoms with Crippen LogP contribution in [-0.2, 0) is 22.6 Å². The van der Waals surface area contributed by atoms with Gasteiger partial charge in [0.1, 0.15) is 11.3 Å². The van der Waals surface area contributed by atoms with Crippen LogP contribution in [-0.4, -0.2) is 47.9 Å². The predicted molar refractivity (Wildman–Crippen MR) is 135 cm³/mol. The van der Waals surface area contributed by atoms with Crippen molar-refractivity contribution in [3.05, 3.63) is 88.9 Å². The van der Waals surface area contributed by atoms with Gasteiger partial charge in [-0.2, -0.15) is 0 Å². The highest BCUT2D eigenvalue weighted by atomic mass is 35.5. The fraction of sp³-hybridized carbons (Fsp3) is 0.286. The lowest BCUT2D eigenvalue weighted by molar-refractivity contribution is -0.163. The van der Waals surface area contributed by atoms with Crippen molar-refractivity contribution in [2.24, 2.45) is 0 Å². The third kappa shape index (κ3) is 4.95. The summed E-state index contributed by atoms with van der Waals surface area (Å²) < 4.78 is 5.21. The van der Waals surface area contributed by atoms with Gasteiger partial charge in [0.05, 0.1) is 13.5 Å². The van der Waals surface area contributed by atoms with Crippen LogP contribution in [0.2, 0.25) is 5.02 Å². The molecule has 2 amide bonds. The molecule has 1 heterocycles. The Morgan fingerprint density at radius 3 is 2.03 bits per heavy atom. The van der Waals surface area contributed by atoms with E-state index in [1.165, 1.54) is 0 Å². The lowest BCUT2D eigenvalue weighted by Gasteiger charge is -2.50. The molecule has 176 valence electrons. The molecule has 1 aliphatic rings. The number of rotatable bonds is 7. The molecule has 0 aliphatic carbocycles. The van der Waals surface area contributed by atoms with Gasteiger partial charge < -0.3 is 14.5 Å². The lowest BCUT2D eigenvalue weighted by atomic mass is 9.84. The van der Waals surface area contributed by atoms with E-state index in [0.717, 1.165) is 28.0 Å². The fourth-order valence-electron chi connectivity index (χ4n) is 4.40. The Kier molecular flexibility index (Phi) is 6.94. The first kappa shape index (κ1) is 23.8. The van der Waals surface area contributed by atoms with Crippen molar-refractivity contribution in [3.63, 3.8) is 0 Å². The molecule has 0 aromatic heterocycles. The Balaban J connectivity index is 1.38. The summed E-state index contributed by atoms with van der Waals surface area (Å²) in [5, 5.41) is 0.664. The first-order valence-electron chi connectivity index (χ1n) is 11.3. The second-order valence-electron chi connectivity index (χ2n) is 8.96. The number of amides is 2. The van der Waals surface area contributed by atoms with Crippen molar-refractivity contribution < 1.29 is 14.3 Å². The van der Waals surface area contributed by atoms with Crippen LogP contribution in [0.15, 0.2) is 72.8 Å². The molecule has 0 N–H and O–H groups in total. The molecule has 34 heavy (non-hydrogen) atoms. The molecule has 0 bridgehead atoms. The van der Waals surface area contributed by atoms with Gasteiger partial charge in [-0.15, -0.1) is 0 Å². The molecular weight excluding hydrogens is 448 g/mol. The first-order chi connectivity index (χ1) is 16.3. The van der Waals surface area contributed by atoms with Gasteiger partial charge >= 0.3 is 0 Å². The molecule has 6 heteroatoms. The Hall–Kier alpha value is -3.31. The van der Waals surface area contributed by atoms with E-state index in [1.807, 2.05) is 79.7 Å². The van der Waals surface area contributed by atoms with E-state index in [1.54, 1.807) is 24.0 Å². The summed E-state index contributed by atoms with van der Waals surface area (Å²) in [5.41, 5.74) is 3.29. The zero-order valence-corrected chi connectivity index (χ0v) is 20.5. The number of halogens is 1. The van der Waals surface area contributed by atoms with Crippen LogP contribution >= 0.6 is 11.6 Å². The molecular formula is C28H29ClN2O3. The van der Waals surface area contributed by atoms with Crippen LogP contribution < -0.4 is 4.74 Å². The molecule has 1 fully saturated rings. The Labute approximate surface area is 205 Å². The lowest BCUT2D eigenvalue weighted by Crippen LogP contribution is -2.67. The predicted octanol–water partition coefficient (Wildman–Crippen LogP) is 5.21. The zero-order valence-electron chi connectivity index (χ0n) is 19.8. The quantitative estimate of drug-likeness (QED) is 0.470. The molecule has 0 saturated carbocycles. The average Bonchev–Trinajstić information content (AvgIpc) is 2.84. The Morgan fingerprint density at radius 1 is 0.941 bits per heavy atom. The van der Waals surface area contributed by atoms with Gasteiger partial charge in [0.15, 0.2) is 0 Å². The van der Waals surface area contributed by atoms with Gasteiger partial charge in [-0.05, 0) is 59.9 Å². The number of ether oxygens (including phenoxy) is 1. The summed E-state index contributed by atoms with van der Waals surface area (Å²) in [4.78, 5) is 29.7. The third-order valence-electron chi connectivity index (χ3n) is 6.59. The average molecular weight is 477 g/mol. The van der Waals surface area contributed by atoms with Crippen LogP contribution in [0, 0.1) is 0 Å². The summed E-state index contributed by atoms with van der Waals surface area (Å²) in [6.45, 7) is 2.93. The number of likely N-dealkylation sites (tertiary alicyclic amines) is 1. The van der Waals surface area contributed by atoms with E-state index in [9.17, 15) is 9.59 Å². The van der Waals surface area contributed by atoms with Crippen LogP contribution in [0.1, 0.15) is 24.5 Å². The van der Waals surface area contributed by atoms with Gasteiger partial charge in [-0.1, -0.05) is 60.1 Å². The van der Waals surface area contributed by atoms with Crippen LogP contribution in [0.5, 0.6) is 5.75 Å². The van der Waals surface area contributed by atoms with Crippen LogP contribution in [0.25, 0.3) is 11.1 Å². The molecule has 1 saturated heterocycles. The van der Waals surface area contributed by atoms with Gasteiger partial charge in [0.2, 0.25) is 11.8 Å². The Morgan fingerprint density at radius 2 is 1.50 bits per heavy atom. The van der Waals surface area contributed by atoms with Gasteiger partial charge in [0.25, 0.3) is 0 Å². The van der Waals surface area contributed by atoms with Crippen molar-refractivity contribution >= 4 is 23.4 Å². The first-order valence-corrected chi connectivity index (χ1v) is 11.7. The second-order valence-corrected chi connectivity index (χ2v) is 9.40. The topological polar surface area (TPSA) is 49.9 Å². The minimum Gasteiger partial charge on any atom is -0.497 e. The molecule has 1 unspecified atom stereocenters. The van der Waals surface area contributed by atoms with Crippen molar-refractivity contribution in [2.45, 2.75) is 31.8 Å². The van der Waals surface area contributed by atoms with Gasteiger partial charge in [0, 0.05) is 25.2 Å². The number of benzene rings is 3. The number of carbonyl (C=O) groups is 2. The number of likely N-dealkylation sites (N-methyl/N-ethyl adjacent to an activating group) is 1. The molecule has 1 aliphatic heterocycles. The standard InChI is InChI=1S/C28H29ClN2O3/c1-28(27(33)30(2)19-21-6-12-24(29)13-7-21)16-17-31(28)26(32)18-20-4-8-22(9-5-20)23-10-14-25(34-3)15-11-23/h4-15H,16-19H2,1-3H3. The number of carbonyl (C=O) groups excluding carboxylic acids is 2. The summed E-state index contributed by atoms with van der Waals surface area (Å²) >= 11 is 5.96. The highest BCUT2D eigenvalue weighted by molar-refractivity contribution is 6.30. The van der Waals surface area contributed by atoms with E-state index in [0.29, 0.717) is 24.5 Å². The molecule has 0 radical (unpaired) electrons. The van der Waals surface area contributed by atoms with Crippen molar-refractivity contribution in [1.29, 1.82) is 0 Å². The van der Waals surface area contributed by atoms with Gasteiger partial charge in [-0.25, -0.2) is 0 Å². The summed E-state index contributed by atoms with van der Waals surface area (Å²) in [6.07, 6.45) is 0.936. The minimum atomic E-state index is -0.804. The number of nitrogens with zero attached hydrogens (tertiary/aromatic N) is 2. The van der Waals surface area contributed by atoms with Crippen molar-refractivity contribution in [3.8, 4) is 16.9 Å². The molecule has 5 nitrogen and oxygen atoms in total. The Bertz CT molecular complexity index is 1160. The molecule has 3 aromatic rings. The maximum Gasteiger partial charge on any atom is 0.248 e. The van der Waals surface area contributed by atoms with Crippen molar-refractivity contribution in [2.75, 3.05) is 20.7 Å². The van der Waals surface area contributed by atoms with Crippen LogP contribution in [0.4, 0.5) is 0 Å². The number of hydrogen-bond acceptors (Lipinski definition) is 3. The fourth-order valence-corrected chi connectivity index (χ4v) is 4.52. The number of methoxy groups -OCH3 is 1. The SMILES string of the molecule is COc1ccc(-c2ccc(CC(=O)N3CCC3(C)C(=O)N(C)Cc3ccc(Cl)cc3)cc2)cc1.